The average Bonchev–Trinajstić information content (AvgIpc) is 3.17. The third-order valence-corrected chi connectivity index (χ3v) is 4.04. The van der Waals surface area contributed by atoms with E-state index in [1.54, 1.807) is 28.2 Å². The fourth-order valence-electron chi connectivity index (χ4n) is 2.65. The fraction of sp³-hybridized carbons (Fsp3) is 0.294. The molecule has 1 fully saturated rings. The molecule has 26 heavy (non-hydrogen) atoms. The average molecular weight is 351 g/mol. The predicted octanol–water partition coefficient (Wildman–Crippen LogP) is 1.64. The summed E-state index contributed by atoms with van der Waals surface area (Å²) in [6, 6.07) is 5.60. The summed E-state index contributed by atoms with van der Waals surface area (Å²) in [5, 5.41) is 8.26. The van der Waals surface area contributed by atoms with E-state index in [9.17, 15) is 4.79 Å². The number of ether oxygens (including phenoxy) is 1. The van der Waals surface area contributed by atoms with Crippen LogP contribution in [0, 0.1) is 0 Å². The van der Waals surface area contributed by atoms with Crippen LogP contribution < -0.4 is 0 Å². The van der Waals surface area contributed by atoms with Gasteiger partial charge in [0.2, 0.25) is 0 Å². The van der Waals surface area contributed by atoms with E-state index in [4.69, 9.17) is 4.74 Å². The molecule has 0 aliphatic carbocycles. The summed E-state index contributed by atoms with van der Waals surface area (Å²) >= 11 is 0. The Labute approximate surface area is 149 Å². The summed E-state index contributed by atoms with van der Waals surface area (Å²) < 4.78 is 6.72. The SMILES string of the molecule is O=C1OCCCN1CCn1cc(-c2cnc(-c3ccccn3)nc2)nn1. The highest BCUT2D eigenvalue weighted by Gasteiger charge is 2.19. The lowest BCUT2D eigenvalue weighted by Gasteiger charge is -2.25. The molecule has 1 aliphatic rings. The second-order valence-electron chi connectivity index (χ2n) is 5.83. The van der Waals surface area contributed by atoms with Gasteiger partial charge in [0.1, 0.15) is 11.4 Å². The van der Waals surface area contributed by atoms with Crippen molar-refractivity contribution in [2.75, 3.05) is 19.7 Å². The number of pyridine rings is 1. The maximum atomic E-state index is 11.6. The number of amides is 1. The molecule has 4 heterocycles. The lowest BCUT2D eigenvalue weighted by Crippen LogP contribution is -2.39. The van der Waals surface area contributed by atoms with Gasteiger partial charge < -0.3 is 9.64 Å². The Morgan fingerprint density at radius 2 is 1.96 bits per heavy atom. The molecule has 0 bridgehead atoms. The molecule has 3 aromatic heterocycles. The van der Waals surface area contributed by atoms with E-state index in [0.29, 0.717) is 37.8 Å². The van der Waals surface area contributed by atoms with Crippen LogP contribution in [-0.4, -0.2) is 60.6 Å². The number of carbonyl (C=O) groups excluding carboxylic acids is 1. The molecule has 9 nitrogen and oxygen atoms in total. The predicted molar refractivity (Wildman–Crippen MR) is 91.8 cm³/mol. The van der Waals surface area contributed by atoms with Gasteiger partial charge >= 0.3 is 6.09 Å². The Balaban J connectivity index is 1.42. The summed E-state index contributed by atoms with van der Waals surface area (Å²) in [6.45, 7) is 2.30. The molecule has 1 aliphatic heterocycles. The minimum atomic E-state index is -0.268. The number of hydrogen-bond acceptors (Lipinski definition) is 7. The lowest BCUT2D eigenvalue weighted by atomic mass is 10.2. The van der Waals surface area contributed by atoms with Crippen molar-refractivity contribution >= 4 is 6.09 Å². The van der Waals surface area contributed by atoms with Crippen molar-refractivity contribution in [2.45, 2.75) is 13.0 Å². The molecule has 1 amide bonds. The van der Waals surface area contributed by atoms with Gasteiger partial charge in [0.25, 0.3) is 0 Å². The normalized spacial score (nSPS) is 14.3. The van der Waals surface area contributed by atoms with E-state index in [0.717, 1.165) is 17.7 Å². The van der Waals surface area contributed by atoms with E-state index in [2.05, 4.69) is 25.3 Å². The lowest BCUT2D eigenvalue weighted by molar-refractivity contribution is 0.0712. The van der Waals surface area contributed by atoms with E-state index in [-0.39, 0.29) is 6.09 Å². The number of cyclic esters (lactones) is 1. The Hall–Kier alpha value is -3.36. The summed E-state index contributed by atoms with van der Waals surface area (Å²) in [5.41, 5.74) is 2.17. The summed E-state index contributed by atoms with van der Waals surface area (Å²) in [6.07, 6.45) is 7.51. The molecule has 9 heteroatoms. The maximum absolute atomic E-state index is 11.6. The second-order valence-corrected chi connectivity index (χ2v) is 5.83. The minimum absolute atomic E-state index is 0.268. The van der Waals surface area contributed by atoms with E-state index >= 15 is 0 Å². The molecule has 0 N–H and O–H groups in total. The van der Waals surface area contributed by atoms with Crippen LogP contribution in [0.1, 0.15) is 6.42 Å². The van der Waals surface area contributed by atoms with Crippen molar-refractivity contribution < 1.29 is 9.53 Å². The fourth-order valence-corrected chi connectivity index (χ4v) is 2.65. The first-order valence-corrected chi connectivity index (χ1v) is 8.35. The van der Waals surface area contributed by atoms with Crippen LogP contribution >= 0.6 is 0 Å². The van der Waals surface area contributed by atoms with Crippen LogP contribution in [-0.2, 0) is 11.3 Å². The first-order chi connectivity index (χ1) is 12.8. The zero-order chi connectivity index (χ0) is 17.8. The van der Waals surface area contributed by atoms with Crippen molar-refractivity contribution in [2.24, 2.45) is 0 Å². The molecule has 0 atom stereocenters. The molecule has 4 rings (SSSR count). The van der Waals surface area contributed by atoms with Crippen LogP contribution in [0.4, 0.5) is 4.79 Å². The van der Waals surface area contributed by atoms with Gasteiger partial charge in [-0.3, -0.25) is 9.67 Å². The summed E-state index contributed by atoms with van der Waals surface area (Å²) in [4.78, 5) is 26.2. The zero-order valence-corrected chi connectivity index (χ0v) is 14.0. The first-order valence-electron chi connectivity index (χ1n) is 8.35. The van der Waals surface area contributed by atoms with Crippen molar-refractivity contribution in [1.29, 1.82) is 0 Å². The topological polar surface area (TPSA) is 98.9 Å². The van der Waals surface area contributed by atoms with E-state index in [1.165, 1.54) is 0 Å². The Morgan fingerprint density at radius 1 is 1.08 bits per heavy atom. The highest BCUT2D eigenvalue weighted by Crippen LogP contribution is 2.17. The molecular weight excluding hydrogens is 334 g/mol. The Bertz CT molecular complexity index is 880. The molecular formula is C17H17N7O2. The monoisotopic (exact) mass is 351 g/mol. The summed E-state index contributed by atoms with van der Waals surface area (Å²) in [5.74, 6) is 0.561. The molecule has 0 unspecified atom stereocenters. The molecule has 0 spiro atoms. The van der Waals surface area contributed by atoms with Crippen LogP contribution in [0.2, 0.25) is 0 Å². The van der Waals surface area contributed by atoms with Crippen LogP contribution in [0.15, 0.2) is 43.0 Å². The van der Waals surface area contributed by atoms with Crippen molar-refractivity contribution in [3.8, 4) is 22.8 Å². The van der Waals surface area contributed by atoms with Gasteiger partial charge in [0.15, 0.2) is 5.82 Å². The Morgan fingerprint density at radius 3 is 2.73 bits per heavy atom. The van der Waals surface area contributed by atoms with Crippen LogP contribution in [0.5, 0.6) is 0 Å². The van der Waals surface area contributed by atoms with Gasteiger partial charge in [-0.05, 0) is 18.6 Å². The highest BCUT2D eigenvalue weighted by atomic mass is 16.6. The highest BCUT2D eigenvalue weighted by molar-refractivity contribution is 5.68. The third-order valence-electron chi connectivity index (χ3n) is 4.04. The smallest absolute Gasteiger partial charge is 0.409 e. The van der Waals surface area contributed by atoms with E-state index in [1.807, 2.05) is 24.4 Å². The van der Waals surface area contributed by atoms with Gasteiger partial charge in [0.05, 0.1) is 19.3 Å². The van der Waals surface area contributed by atoms with Gasteiger partial charge in [-0.1, -0.05) is 11.3 Å². The van der Waals surface area contributed by atoms with Gasteiger partial charge in [-0.2, -0.15) is 0 Å². The van der Waals surface area contributed by atoms with Gasteiger partial charge in [0, 0.05) is 37.2 Å². The minimum Gasteiger partial charge on any atom is -0.449 e. The number of hydrogen-bond donors (Lipinski definition) is 0. The summed E-state index contributed by atoms with van der Waals surface area (Å²) in [7, 11) is 0. The number of carbonyl (C=O) groups is 1. The van der Waals surface area contributed by atoms with Crippen molar-refractivity contribution in [1.82, 2.24) is 34.8 Å². The third kappa shape index (κ3) is 3.51. The van der Waals surface area contributed by atoms with Crippen LogP contribution in [0.3, 0.4) is 0 Å². The molecule has 0 radical (unpaired) electrons. The number of aromatic nitrogens is 6. The zero-order valence-electron chi connectivity index (χ0n) is 14.0. The number of nitrogens with zero attached hydrogens (tertiary/aromatic N) is 7. The molecule has 132 valence electrons. The standard InChI is InChI=1S/C17H17N7O2/c25-17-23(6-3-9-26-17)7-8-24-12-15(21-22-24)13-10-19-16(20-11-13)14-4-1-2-5-18-14/h1-2,4-5,10-12H,3,6-9H2. The maximum Gasteiger partial charge on any atom is 0.409 e. The first kappa shape index (κ1) is 16.1. The van der Waals surface area contributed by atoms with Gasteiger partial charge in [-0.25, -0.2) is 14.8 Å². The van der Waals surface area contributed by atoms with Gasteiger partial charge in [-0.15, -0.1) is 5.10 Å². The van der Waals surface area contributed by atoms with Crippen LogP contribution in [0.25, 0.3) is 22.8 Å². The van der Waals surface area contributed by atoms with Crippen molar-refractivity contribution in [3.63, 3.8) is 0 Å². The van der Waals surface area contributed by atoms with E-state index < -0.39 is 0 Å². The second kappa shape index (κ2) is 7.26. The van der Waals surface area contributed by atoms with Crippen molar-refractivity contribution in [3.05, 3.63) is 43.0 Å². The molecule has 1 saturated heterocycles. The molecule has 0 saturated carbocycles. The quantitative estimate of drug-likeness (QED) is 0.689. The molecule has 3 aromatic rings. The molecule has 0 aromatic carbocycles. The largest absolute Gasteiger partial charge is 0.449 e. The number of rotatable bonds is 5. The Kier molecular flexibility index (Phi) is 4.50.